The zero-order valence-electron chi connectivity index (χ0n) is 17.0. The first-order chi connectivity index (χ1) is 15.0. The van der Waals surface area contributed by atoms with Gasteiger partial charge in [-0.3, -0.25) is 9.59 Å². The van der Waals surface area contributed by atoms with Crippen LogP contribution in [0.4, 0.5) is 0 Å². The Balaban J connectivity index is 1.30. The number of hydrogen-bond acceptors (Lipinski definition) is 5. The van der Waals surface area contributed by atoms with Gasteiger partial charge in [0, 0.05) is 42.8 Å². The molecule has 0 radical (unpaired) electrons. The molecule has 160 valence electrons. The van der Waals surface area contributed by atoms with E-state index >= 15 is 0 Å². The van der Waals surface area contributed by atoms with Gasteiger partial charge in [0.2, 0.25) is 12.0 Å². The number of rotatable bonds is 4. The van der Waals surface area contributed by atoms with Crippen molar-refractivity contribution >= 4 is 35.5 Å². The summed E-state index contributed by atoms with van der Waals surface area (Å²) in [4.78, 5) is 32.5. The maximum absolute atomic E-state index is 12.5. The molecule has 0 spiro atoms. The number of benzene rings is 2. The van der Waals surface area contributed by atoms with Crippen LogP contribution in [0.2, 0.25) is 5.02 Å². The van der Waals surface area contributed by atoms with Gasteiger partial charge in [-0.15, -0.1) is 0 Å². The van der Waals surface area contributed by atoms with Crippen molar-refractivity contribution < 1.29 is 19.1 Å². The van der Waals surface area contributed by atoms with Crippen LogP contribution in [0.5, 0.6) is 5.75 Å². The second-order valence-electron chi connectivity index (χ2n) is 7.20. The lowest BCUT2D eigenvalue weighted by Gasteiger charge is -2.34. The maximum atomic E-state index is 12.5. The van der Waals surface area contributed by atoms with E-state index in [1.165, 1.54) is 0 Å². The van der Waals surface area contributed by atoms with Gasteiger partial charge in [-0.05, 0) is 35.9 Å². The van der Waals surface area contributed by atoms with Gasteiger partial charge in [0.25, 0.3) is 11.9 Å². The number of carbonyl (C=O) groups excluding carboxylic acids is 2. The largest absolute Gasteiger partial charge is 0.497 e. The Labute approximate surface area is 185 Å². The first kappa shape index (κ1) is 20.9. The molecule has 2 aliphatic heterocycles. The van der Waals surface area contributed by atoms with Crippen LogP contribution in [-0.2, 0) is 14.3 Å². The molecule has 1 unspecified atom stereocenters. The molecule has 2 aliphatic rings. The molecule has 1 saturated heterocycles. The molecular formula is C23H22ClN3O4. The van der Waals surface area contributed by atoms with Crippen molar-refractivity contribution in [1.29, 1.82) is 0 Å². The van der Waals surface area contributed by atoms with Crippen molar-refractivity contribution in [1.82, 2.24) is 9.80 Å². The summed E-state index contributed by atoms with van der Waals surface area (Å²) in [6.07, 6.45) is 2.61. The molecule has 1 atom stereocenters. The fourth-order valence-corrected chi connectivity index (χ4v) is 3.56. The fourth-order valence-electron chi connectivity index (χ4n) is 3.43. The van der Waals surface area contributed by atoms with Crippen molar-refractivity contribution in [3.05, 3.63) is 70.8 Å². The van der Waals surface area contributed by atoms with Gasteiger partial charge in [-0.25, -0.2) is 0 Å². The molecule has 0 aromatic heterocycles. The molecule has 4 rings (SSSR count). The molecule has 0 N–H and O–H groups in total. The standard InChI is InChI=1S/C23H22ClN3O4/c1-30-19-9-2-16(3-10-19)4-11-20(28)26-12-14-27(15-13-26)23-25-22(29)21(31-23)17-5-7-18(24)8-6-17/h2-11,21H,12-15H2,1H3/b11-4+. The van der Waals surface area contributed by atoms with Crippen LogP contribution in [0.15, 0.2) is 59.6 Å². The van der Waals surface area contributed by atoms with Gasteiger partial charge in [0.1, 0.15) is 5.75 Å². The van der Waals surface area contributed by atoms with Crippen LogP contribution < -0.4 is 4.74 Å². The number of amidine groups is 1. The van der Waals surface area contributed by atoms with E-state index in [0.717, 1.165) is 11.3 Å². The molecule has 2 heterocycles. The lowest BCUT2D eigenvalue weighted by molar-refractivity contribution is -0.127. The number of aliphatic imine (C=N–C) groups is 1. The van der Waals surface area contributed by atoms with Crippen LogP contribution in [0.1, 0.15) is 17.2 Å². The average molecular weight is 440 g/mol. The van der Waals surface area contributed by atoms with Gasteiger partial charge in [-0.1, -0.05) is 35.9 Å². The highest BCUT2D eigenvalue weighted by molar-refractivity contribution is 6.30. The van der Waals surface area contributed by atoms with Crippen LogP contribution >= 0.6 is 11.6 Å². The summed E-state index contributed by atoms with van der Waals surface area (Å²) >= 11 is 5.91. The Bertz CT molecular complexity index is 1010. The Kier molecular flexibility index (Phi) is 6.23. The summed E-state index contributed by atoms with van der Waals surface area (Å²) in [5.74, 6) is 0.381. The van der Waals surface area contributed by atoms with E-state index < -0.39 is 6.10 Å². The Hall–Kier alpha value is -3.32. The monoisotopic (exact) mass is 439 g/mol. The smallest absolute Gasteiger partial charge is 0.296 e. The normalized spacial score (nSPS) is 18.8. The quantitative estimate of drug-likeness (QED) is 0.684. The first-order valence-electron chi connectivity index (χ1n) is 9.94. The number of carbonyl (C=O) groups is 2. The lowest BCUT2D eigenvalue weighted by atomic mass is 10.1. The average Bonchev–Trinajstić information content (AvgIpc) is 3.20. The van der Waals surface area contributed by atoms with Gasteiger partial charge >= 0.3 is 0 Å². The Morgan fingerprint density at radius 3 is 2.42 bits per heavy atom. The minimum Gasteiger partial charge on any atom is -0.497 e. The second-order valence-corrected chi connectivity index (χ2v) is 7.64. The number of halogens is 1. The number of hydrogen-bond donors (Lipinski definition) is 0. The molecule has 0 bridgehead atoms. The predicted octanol–water partition coefficient (Wildman–Crippen LogP) is 3.16. The van der Waals surface area contributed by atoms with E-state index in [2.05, 4.69) is 4.99 Å². The van der Waals surface area contributed by atoms with Crippen molar-refractivity contribution in [3.8, 4) is 5.75 Å². The molecule has 8 heteroatoms. The highest BCUT2D eigenvalue weighted by Crippen LogP contribution is 2.27. The highest BCUT2D eigenvalue weighted by atomic mass is 35.5. The minimum absolute atomic E-state index is 0.0557. The molecular weight excluding hydrogens is 418 g/mol. The van der Waals surface area contributed by atoms with Crippen molar-refractivity contribution in [3.63, 3.8) is 0 Å². The fraction of sp³-hybridized carbons (Fsp3) is 0.261. The van der Waals surface area contributed by atoms with Crippen LogP contribution in [0.25, 0.3) is 6.08 Å². The van der Waals surface area contributed by atoms with Crippen molar-refractivity contribution in [2.24, 2.45) is 4.99 Å². The summed E-state index contributed by atoms with van der Waals surface area (Å²) in [6, 6.07) is 14.8. The molecule has 0 aliphatic carbocycles. The molecule has 7 nitrogen and oxygen atoms in total. The second kappa shape index (κ2) is 9.22. The van der Waals surface area contributed by atoms with E-state index in [0.29, 0.717) is 42.8 Å². The number of methoxy groups -OCH3 is 1. The van der Waals surface area contributed by atoms with Crippen LogP contribution in [0, 0.1) is 0 Å². The van der Waals surface area contributed by atoms with Gasteiger partial charge in [0.15, 0.2) is 0 Å². The third-order valence-corrected chi connectivity index (χ3v) is 5.47. The van der Waals surface area contributed by atoms with Crippen LogP contribution in [-0.4, -0.2) is 60.9 Å². The van der Waals surface area contributed by atoms with Gasteiger partial charge in [-0.2, -0.15) is 4.99 Å². The molecule has 2 amide bonds. The van der Waals surface area contributed by atoms with E-state index in [9.17, 15) is 9.59 Å². The lowest BCUT2D eigenvalue weighted by Crippen LogP contribution is -2.50. The van der Waals surface area contributed by atoms with Crippen LogP contribution in [0.3, 0.4) is 0 Å². The molecule has 0 saturated carbocycles. The SMILES string of the molecule is COc1ccc(/C=C/C(=O)N2CCN(C3=NC(=O)C(c4ccc(Cl)cc4)O3)CC2)cc1. The zero-order chi connectivity index (χ0) is 21.8. The topological polar surface area (TPSA) is 71.4 Å². The van der Waals surface area contributed by atoms with Crippen molar-refractivity contribution in [2.45, 2.75) is 6.10 Å². The summed E-state index contributed by atoms with van der Waals surface area (Å²) < 4.78 is 10.9. The van der Waals surface area contributed by atoms with Gasteiger partial charge < -0.3 is 19.3 Å². The molecule has 1 fully saturated rings. The predicted molar refractivity (Wildman–Crippen MR) is 118 cm³/mol. The summed E-state index contributed by atoms with van der Waals surface area (Å²) in [5, 5.41) is 0.595. The molecule has 2 aromatic rings. The summed E-state index contributed by atoms with van der Waals surface area (Å²) in [7, 11) is 1.62. The number of amides is 2. The van der Waals surface area contributed by atoms with E-state index in [-0.39, 0.29) is 11.8 Å². The molecule has 31 heavy (non-hydrogen) atoms. The Morgan fingerprint density at radius 2 is 1.77 bits per heavy atom. The number of piperazine rings is 1. The number of ether oxygens (including phenoxy) is 2. The van der Waals surface area contributed by atoms with E-state index in [1.807, 2.05) is 29.2 Å². The summed E-state index contributed by atoms with van der Waals surface area (Å²) in [5.41, 5.74) is 1.64. The minimum atomic E-state index is -0.751. The maximum Gasteiger partial charge on any atom is 0.296 e. The van der Waals surface area contributed by atoms with Crippen molar-refractivity contribution in [2.75, 3.05) is 33.3 Å². The van der Waals surface area contributed by atoms with E-state index in [1.54, 1.807) is 48.4 Å². The third-order valence-electron chi connectivity index (χ3n) is 5.22. The third kappa shape index (κ3) is 4.88. The zero-order valence-corrected chi connectivity index (χ0v) is 17.8. The number of nitrogens with zero attached hydrogens (tertiary/aromatic N) is 3. The Morgan fingerprint density at radius 1 is 1.10 bits per heavy atom. The first-order valence-corrected chi connectivity index (χ1v) is 10.3. The highest BCUT2D eigenvalue weighted by Gasteiger charge is 2.34. The molecule has 2 aromatic carbocycles. The summed E-state index contributed by atoms with van der Waals surface area (Å²) in [6.45, 7) is 2.13. The van der Waals surface area contributed by atoms with Gasteiger partial charge in [0.05, 0.1) is 7.11 Å². The van der Waals surface area contributed by atoms with E-state index in [4.69, 9.17) is 21.1 Å².